The molecule has 0 aliphatic heterocycles. The first-order chi connectivity index (χ1) is 13.5. The summed E-state index contributed by atoms with van der Waals surface area (Å²) in [5.41, 5.74) is 0. The summed E-state index contributed by atoms with van der Waals surface area (Å²) in [5, 5.41) is 4.18. The Labute approximate surface area is 172 Å². The maximum Gasteiger partial charge on any atom is 0.257 e. The zero-order valence-corrected chi connectivity index (χ0v) is 17.1. The van der Waals surface area contributed by atoms with Crippen LogP contribution in [0.15, 0.2) is 77.0 Å². The van der Waals surface area contributed by atoms with E-state index >= 15 is 0 Å². The van der Waals surface area contributed by atoms with Crippen LogP contribution in [-0.4, -0.2) is 27.5 Å². The van der Waals surface area contributed by atoms with Crippen LogP contribution < -0.4 is 10.1 Å². The summed E-state index contributed by atoms with van der Waals surface area (Å²) >= 11 is 7.15. The fourth-order valence-corrected chi connectivity index (χ4v) is 5.48. The van der Waals surface area contributed by atoms with Crippen LogP contribution in [0, 0.1) is 0 Å². The maximum atomic E-state index is 13.1. The molecule has 0 saturated heterocycles. The van der Waals surface area contributed by atoms with Gasteiger partial charge in [-0.25, -0.2) is 8.42 Å². The molecule has 0 fully saturated rings. The zero-order valence-electron chi connectivity index (χ0n) is 14.7. The molecule has 0 bridgehead atoms. The molecule has 0 unspecified atom stereocenters. The first-order valence-corrected chi connectivity index (χ1v) is 11.2. The molecule has 0 radical (unpaired) electrons. The summed E-state index contributed by atoms with van der Waals surface area (Å²) < 4.78 is 31.5. The third kappa shape index (κ3) is 5.13. The van der Waals surface area contributed by atoms with Crippen molar-refractivity contribution in [3.05, 3.63) is 82.0 Å². The predicted molar refractivity (Wildman–Crippen MR) is 111 cm³/mol. The summed E-state index contributed by atoms with van der Waals surface area (Å²) in [6, 6.07) is 18.4. The molecule has 28 heavy (non-hydrogen) atoms. The van der Waals surface area contributed by atoms with Crippen molar-refractivity contribution in [1.82, 2.24) is 5.32 Å². The van der Waals surface area contributed by atoms with E-state index in [0.717, 1.165) is 0 Å². The second-order valence-corrected chi connectivity index (χ2v) is 9.45. The lowest BCUT2D eigenvalue weighted by Gasteiger charge is -2.17. The molecule has 1 N–H and O–H groups in total. The first-order valence-electron chi connectivity index (χ1n) is 8.44. The first kappa shape index (κ1) is 20.4. The molecule has 0 saturated carbocycles. The van der Waals surface area contributed by atoms with Gasteiger partial charge in [0.1, 0.15) is 11.0 Å². The molecular formula is C20H18ClNO4S2. The van der Waals surface area contributed by atoms with E-state index in [-0.39, 0.29) is 18.0 Å². The van der Waals surface area contributed by atoms with Crippen LogP contribution in [0.3, 0.4) is 0 Å². The largest absolute Gasteiger partial charge is 0.484 e. The van der Waals surface area contributed by atoms with Gasteiger partial charge in [0.25, 0.3) is 5.91 Å². The quantitative estimate of drug-likeness (QED) is 0.577. The van der Waals surface area contributed by atoms with Gasteiger partial charge in [0.15, 0.2) is 16.4 Å². The highest BCUT2D eigenvalue weighted by Crippen LogP contribution is 2.31. The van der Waals surface area contributed by atoms with E-state index in [4.69, 9.17) is 16.3 Å². The number of nitrogens with one attached hydrogen (secondary N) is 1. The Bertz CT molecular complexity index is 1000. The summed E-state index contributed by atoms with van der Waals surface area (Å²) in [5.74, 6) is 0.103. The highest BCUT2D eigenvalue weighted by atomic mass is 35.5. The third-order valence-electron chi connectivity index (χ3n) is 3.98. The molecule has 8 heteroatoms. The summed E-state index contributed by atoms with van der Waals surface area (Å²) in [7, 11) is -3.65. The van der Waals surface area contributed by atoms with Gasteiger partial charge < -0.3 is 10.1 Å². The average Bonchev–Trinajstić information content (AvgIpc) is 3.22. The van der Waals surface area contributed by atoms with E-state index in [1.54, 1.807) is 66.7 Å². The second kappa shape index (κ2) is 9.23. The molecule has 2 aromatic carbocycles. The van der Waals surface area contributed by atoms with Gasteiger partial charge in [-0.2, -0.15) is 0 Å². The van der Waals surface area contributed by atoms with Gasteiger partial charge in [-0.3, -0.25) is 4.79 Å². The Morgan fingerprint density at radius 3 is 2.39 bits per heavy atom. The lowest BCUT2D eigenvalue weighted by molar-refractivity contribution is -0.123. The smallest absolute Gasteiger partial charge is 0.257 e. The number of carbonyl (C=O) groups excluding carboxylic acids is 1. The fourth-order valence-electron chi connectivity index (χ4n) is 2.55. The van der Waals surface area contributed by atoms with Crippen LogP contribution in [0.5, 0.6) is 5.75 Å². The highest BCUT2D eigenvalue weighted by molar-refractivity contribution is 7.91. The normalized spacial score (nSPS) is 12.3. The highest BCUT2D eigenvalue weighted by Gasteiger charge is 2.30. The molecule has 3 aromatic rings. The van der Waals surface area contributed by atoms with Crippen LogP contribution in [0.1, 0.15) is 10.1 Å². The molecule has 146 valence electrons. The summed E-state index contributed by atoms with van der Waals surface area (Å²) in [4.78, 5) is 13.1. The molecule has 0 spiro atoms. The van der Waals surface area contributed by atoms with Gasteiger partial charge in [0, 0.05) is 16.4 Å². The number of rotatable bonds is 8. The number of sulfone groups is 1. The number of amides is 1. The van der Waals surface area contributed by atoms with E-state index in [0.29, 0.717) is 15.6 Å². The minimum Gasteiger partial charge on any atom is -0.484 e. The molecule has 3 rings (SSSR count). The van der Waals surface area contributed by atoms with Crippen molar-refractivity contribution in [2.45, 2.75) is 10.1 Å². The number of halogens is 1. The van der Waals surface area contributed by atoms with Crippen molar-refractivity contribution in [3.8, 4) is 5.75 Å². The van der Waals surface area contributed by atoms with Crippen molar-refractivity contribution in [2.24, 2.45) is 0 Å². The predicted octanol–water partition coefficient (Wildman–Crippen LogP) is 4.11. The van der Waals surface area contributed by atoms with Gasteiger partial charge in [0.2, 0.25) is 0 Å². The number of carbonyl (C=O) groups is 1. The molecule has 1 aromatic heterocycles. The van der Waals surface area contributed by atoms with Crippen molar-refractivity contribution in [1.29, 1.82) is 0 Å². The molecule has 5 nitrogen and oxygen atoms in total. The topological polar surface area (TPSA) is 72.5 Å². The lowest BCUT2D eigenvalue weighted by Crippen LogP contribution is -2.34. The van der Waals surface area contributed by atoms with E-state index in [2.05, 4.69) is 5.32 Å². The maximum absolute atomic E-state index is 13.1. The molecule has 1 heterocycles. The number of thiophene rings is 1. The van der Waals surface area contributed by atoms with E-state index < -0.39 is 21.0 Å². The Morgan fingerprint density at radius 2 is 1.75 bits per heavy atom. The van der Waals surface area contributed by atoms with Crippen LogP contribution in [0.2, 0.25) is 5.02 Å². The van der Waals surface area contributed by atoms with E-state index in [1.807, 2.05) is 5.38 Å². The van der Waals surface area contributed by atoms with Crippen LogP contribution >= 0.6 is 22.9 Å². The number of ether oxygens (including phenoxy) is 1. The van der Waals surface area contributed by atoms with Gasteiger partial charge >= 0.3 is 0 Å². The zero-order chi connectivity index (χ0) is 20.0. The second-order valence-electron chi connectivity index (χ2n) is 5.91. The molecule has 0 aliphatic rings. The molecule has 0 aliphatic carbocycles. The number of benzene rings is 2. The van der Waals surface area contributed by atoms with Gasteiger partial charge in [-0.05, 0) is 47.8 Å². The van der Waals surface area contributed by atoms with Crippen LogP contribution in [0.25, 0.3) is 0 Å². The fraction of sp³-hybridized carbons (Fsp3) is 0.150. The van der Waals surface area contributed by atoms with Crippen molar-refractivity contribution >= 4 is 38.7 Å². The number of hydrogen-bond donors (Lipinski definition) is 1. The summed E-state index contributed by atoms with van der Waals surface area (Å²) in [6.45, 7) is -0.259. The van der Waals surface area contributed by atoms with Gasteiger partial charge in [0.05, 0.1) is 4.90 Å². The Kier molecular flexibility index (Phi) is 6.72. The summed E-state index contributed by atoms with van der Waals surface area (Å²) in [6.07, 6.45) is 0. The minimum absolute atomic E-state index is 0.0411. The van der Waals surface area contributed by atoms with Crippen LogP contribution in [0.4, 0.5) is 0 Å². The van der Waals surface area contributed by atoms with Crippen molar-refractivity contribution in [3.63, 3.8) is 0 Å². The van der Waals surface area contributed by atoms with E-state index in [1.165, 1.54) is 11.3 Å². The molecular weight excluding hydrogens is 418 g/mol. The molecule has 1 atom stereocenters. The van der Waals surface area contributed by atoms with Gasteiger partial charge in [-0.15, -0.1) is 11.3 Å². The van der Waals surface area contributed by atoms with Crippen molar-refractivity contribution < 1.29 is 17.9 Å². The Morgan fingerprint density at radius 1 is 1.04 bits per heavy atom. The van der Waals surface area contributed by atoms with Crippen LogP contribution in [-0.2, 0) is 14.6 Å². The Hall–Kier alpha value is -2.35. The monoisotopic (exact) mass is 435 g/mol. The minimum atomic E-state index is -3.65. The SMILES string of the molecule is O=C(COc1ccc(Cl)cc1)NC[C@H](c1cccs1)S(=O)(=O)c1ccccc1. The van der Waals surface area contributed by atoms with E-state index in [9.17, 15) is 13.2 Å². The Balaban J connectivity index is 1.67. The average molecular weight is 436 g/mol. The number of hydrogen-bond acceptors (Lipinski definition) is 5. The third-order valence-corrected chi connectivity index (χ3v) is 7.46. The van der Waals surface area contributed by atoms with Gasteiger partial charge in [-0.1, -0.05) is 35.9 Å². The standard InChI is InChI=1S/C20H18ClNO4S2/c21-15-8-10-16(11-9-15)26-14-20(23)22-13-19(18-7-4-12-27-18)28(24,25)17-5-2-1-3-6-17/h1-12,19H,13-14H2,(H,22,23)/t19-/m1/s1. The van der Waals surface area contributed by atoms with Crippen molar-refractivity contribution in [2.75, 3.05) is 13.2 Å². The molecule has 1 amide bonds. The lowest BCUT2D eigenvalue weighted by atomic mass is 10.3.